The number of aromatic nitrogens is 2. The molecule has 0 unspecified atom stereocenters. The van der Waals surface area contributed by atoms with E-state index in [1.54, 1.807) is 24.4 Å². The Kier molecular flexibility index (Phi) is 4.67. The van der Waals surface area contributed by atoms with Crippen LogP contribution in [0.25, 0.3) is 5.57 Å². The summed E-state index contributed by atoms with van der Waals surface area (Å²) >= 11 is 0. The monoisotopic (exact) mass is 278 g/mol. The molecule has 1 heterocycles. The van der Waals surface area contributed by atoms with Crippen LogP contribution in [0.1, 0.15) is 28.8 Å². The summed E-state index contributed by atoms with van der Waals surface area (Å²) in [6, 6.07) is 9.17. The van der Waals surface area contributed by atoms with Gasteiger partial charge in [0, 0.05) is 24.4 Å². The summed E-state index contributed by atoms with van der Waals surface area (Å²) in [4.78, 5) is 16.9. The summed E-state index contributed by atoms with van der Waals surface area (Å²) in [7, 11) is 1.88. The topological polar surface area (TPSA) is 34.9 Å². The van der Waals surface area contributed by atoms with Crippen molar-refractivity contribution >= 4 is 11.4 Å². The van der Waals surface area contributed by atoms with Crippen LogP contribution < -0.4 is 0 Å². The Morgan fingerprint density at radius 1 is 1.29 bits per heavy atom. The standard InChI is InChI=1S/C18H18N2O/c1-4-9-15(10-5-2)18-19-16(13-20(18)3)17(21)14-11-7-6-8-12-14/h4-13H,1H2,2-3H3/b10-5-,15-9+. The number of aryl methyl sites for hydroxylation is 1. The number of carbonyl (C=O) groups excluding carboxylic acids is 1. The Bertz CT molecular complexity index is 706. The zero-order valence-corrected chi connectivity index (χ0v) is 12.3. The zero-order valence-electron chi connectivity index (χ0n) is 12.3. The van der Waals surface area contributed by atoms with E-state index >= 15 is 0 Å². The highest BCUT2D eigenvalue weighted by Gasteiger charge is 2.15. The minimum absolute atomic E-state index is 0.0733. The molecular weight excluding hydrogens is 260 g/mol. The van der Waals surface area contributed by atoms with Gasteiger partial charge in [-0.25, -0.2) is 4.98 Å². The van der Waals surface area contributed by atoms with Crippen molar-refractivity contribution in [3.05, 3.63) is 84.5 Å². The van der Waals surface area contributed by atoms with E-state index in [9.17, 15) is 4.79 Å². The van der Waals surface area contributed by atoms with Crippen molar-refractivity contribution in [2.45, 2.75) is 6.92 Å². The summed E-state index contributed by atoms with van der Waals surface area (Å²) in [5, 5.41) is 0. The first-order valence-electron chi connectivity index (χ1n) is 6.76. The molecule has 0 amide bonds. The second kappa shape index (κ2) is 6.66. The van der Waals surface area contributed by atoms with Crippen LogP contribution in [0.5, 0.6) is 0 Å². The Balaban J connectivity index is 2.42. The Morgan fingerprint density at radius 2 is 2.00 bits per heavy atom. The van der Waals surface area contributed by atoms with Crippen molar-refractivity contribution in [1.29, 1.82) is 0 Å². The van der Waals surface area contributed by atoms with Gasteiger partial charge in [-0.1, -0.05) is 61.2 Å². The van der Waals surface area contributed by atoms with Crippen LogP contribution in [0.3, 0.4) is 0 Å². The predicted molar refractivity (Wildman–Crippen MR) is 86.1 cm³/mol. The fourth-order valence-corrected chi connectivity index (χ4v) is 2.09. The molecule has 3 heteroatoms. The number of rotatable bonds is 5. The lowest BCUT2D eigenvalue weighted by molar-refractivity contribution is 0.103. The quantitative estimate of drug-likeness (QED) is 0.616. The molecule has 1 aromatic carbocycles. The normalized spacial score (nSPS) is 11.8. The van der Waals surface area contributed by atoms with Gasteiger partial charge in [0.2, 0.25) is 5.78 Å². The molecule has 21 heavy (non-hydrogen) atoms. The van der Waals surface area contributed by atoms with Crippen molar-refractivity contribution < 1.29 is 4.79 Å². The van der Waals surface area contributed by atoms with Gasteiger partial charge in [0.15, 0.2) is 0 Å². The third-order valence-electron chi connectivity index (χ3n) is 3.05. The third kappa shape index (κ3) is 3.26. The Labute approximate surface area is 125 Å². The molecule has 0 atom stereocenters. The Morgan fingerprint density at radius 3 is 2.62 bits per heavy atom. The maximum Gasteiger partial charge on any atom is 0.212 e. The van der Waals surface area contributed by atoms with Crippen LogP contribution in [-0.4, -0.2) is 15.3 Å². The minimum atomic E-state index is -0.0733. The molecule has 0 saturated carbocycles. The van der Waals surface area contributed by atoms with Crippen molar-refractivity contribution in [2.75, 3.05) is 0 Å². The average Bonchev–Trinajstić information content (AvgIpc) is 2.89. The molecule has 0 N–H and O–H groups in total. The largest absolute Gasteiger partial charge is 0.333 e. The molecule has 0 aliphatic heterocycles. The predicted octanol–water partition coefficient (Wildman–Crippen LogP) is 3.80. The SMILES string of the molecule is C=C/C=C(\C=C/C)c1nc(C(=O)c2ccccc2)cn1C. The Hall–Kier alpha value is -2.68. The molecule has 0 saturated heterocycles. The summed E-state index contributed by atoms with van der Waals surface area (Å²) < 4.78 is 1.85. The van der Waals surface area contributed by atoms with Gasteiger partial charge in [-0.2, -0.15) is 0 Å². The van der Waals surface area contributed by atoms with Crippen molar-refractivity contribution in [3.8, 4) is 0 Å². The number of ketones is 1. The molecule has 0 bridgehead atoms. The third-order valence-corrected chi connectivity index (χ3v) is 3.05. The number of hydrogen-bond donors (Lipinski definition) is 0. The van der Waals surface area contributed by atoms with Gasteiger partial charge >= 0.3 is 0 Å². The van der Waals surface area contributed by atoms with Gasteiger partial charge in [0.25, 0.3) is 0 Å². The van der Waals surface area contributed by atoms with Crippen molar-refractivity contribution in [2.24, 2.45) is 7.05 Å². The summed E-state index contributed by atoms with van der Waals surface area (Å²) in [5.41, 5.74) is 2.00. The van der Waals surface area contributed by atoms with Crippen LogP contribution in [0.15, 0.2) is 67.4 Å². The molecule has 0 radical (unpaired) electrons. The van der Waals surface area contributed by atoms with Gasteiger partial charge in [0.1, 0.15) is 11.5 Å². The first-order valence-corrected chi connectivity index (χ1v) is 6.76. The molecular formula is C18H18N2O. The molecule has 3 nitrogen and oxygen atoms in total. The molecule has 0 spiro atoms. The molecule has 2 rings (SSSR count). The van der Waals surface area contributed by atoms with Crippen LogP contribution in [-0.2, 0) is 7.05 Å². The molecule has 0 aliphatic rings. The van der Waals surface area contributed by atoms with E-state index in [1.165, 1.54) is 0 Å². The molecule has 1 aromatic heterocycles. The maximum atomic E-state index is 12.4. The van der Waals surface area contributed by atoms with Crippen LogP contribution in [0, 0.1) is 0 Å². The number of imidazole rings is 1. The first-order chi connectivity index (χ1) is 10.2. The van der Waals surface area contributed by atoms with E-state index in [-0.39, 0.29) is 5.78 Å². The van der Waals surface area contributed by atoms with Gasteiger partial charge in [-0.3, -0.25) is 4.79 Å². The highest BCUT2D eigenvalue weighted by atomic mass is 16.1. The second-order valence-electron chi connectivity index (χ2n) is 4.61. The van der Waals surface area contributed by atoms with Crippen molar-refractivity contribution in [1.82, 2.24) is 9.55 Å². The van der Waals surface area contributed by atoms with Crippen LogP contribution >= 0.6 is 0 Å². The van der Waals surface area contributed by atoms with Crippen LogP contribution in [0.4, 0.5) is 0 Å². The van der Waals surface area contributed by atoms with E-state index in [0.29, 0.717) is 11.3 Å². The number of allylic oxidation sites excluding steroid dienone is 5. The number of carbonyl (C=O) groups is 1. The lowest BCUT2D eigenvalue weighted by Crippen LogP contribution is -2.01. The minimum Gasteiger partial charge on any atom is -0.333 e. The van der Waals surface area contributed by atoms with E-state index in [0.717, 1.165) is 11.4 Å². The number of nitrogens with zero attached hydrogens (tertiary/aromatic N) is 2. The van der Waals surface area contributed by atoms with E-state index in [1.807, 2.05) is 55.0 Å². The molecule has 0 fully saturated rings. The zero-order chi connectivity index (χ0) is 15.2. The van der Waals surface area contributed by atoms with Crippen LogP contribution in [0.2, 0.25) is 0 Å². The van der Waals surface area contributed by atoms with Gasteiger partial charge in [0.05, 0.1) is 0 Å². The fourth-order valence-electron chi connectivity index (χ4n) is 2.09. The van der Waals surface area contributed by atoms with E-state index in [2.05, 4.69) is 11.6 Å². The number of benzene rings is 1. The molecule has 2 aromatic rings. The fraction of sp³-hybridized carbons (Fsp3) is 0.111. The number of hydrogen-bond acceptors (Lipinski definition) is 2. The van der Waals surface area contributed by atoms with E-state index < -0.39 is 0 Å². The highest BCUT2D eigenvalue weighted by molar-refractivity contribution is 6.07. The maximum absolute atomic E-state index is 12.4. The van der Waals surface area contributed by atoms with Gasteiger partial charge in [-0.05, 0) is 6.92 Å². The van der Waals surface area contributed by atoms with Crippen molar-refractivity contribution in [3.63, 3.8) is 0 Å². The lowest BCUT2D eigenvalue weighted by atomic mass is 10.1. The van der Waals surface area contributed by atoms with Gasteiger partial charge < -0.3 is 4.57 Å². The van der Waals surface area contributed by atoms with Gasteiger partial charge in [-0.15, -0.1) is 0 Å². The van der Waals surface area contributed by atoms with E-state index in [4.69, 9.17) is 0 Å². The smallest absolute Gasteiger partial charge is 0.212 e. The highest BCUT2D eigenvalue weighted by Crippen LogP contribution is 2.17. The first kappa shape index (κ1) is 14.7. The average molecular weight is 278 g/mol. The molecule has 106 valence electrons. The summed E-state index contributed by atoms with van der Waals surface area (Å²) in [5.74, 6) is 0.670. The molecule has 0 aliphatic carbocycles. The summed E-state index contributed by atoms with van der Waals surface area (Å²) in [6.07, 6.45) is 9.22. The lowest BCUT2D eigenvalue weighted by Gasteiger charge is -2.00. The second-order valence-corrected chi connectivity index (χ2v) is 4.61. The summed E-state index contributed by atoms with van der Waals surface area (Å²) in [6.45, 7) is 5.65.